The predicted molar refractivity (Wildman–Crippen MR) is 63.4 cm³/mol. The Labute approximate surface area is 96.8 Å². The van der Waals surface area contributed by atoms with Crippen LogP contribution < -0.4 is 10.6 Å². The zero-order chi connectivity index (χ0) is 11.2. The van der Waals surface area contributed by atoms with Crippen molar-refractivity contribution < 1.29 is 4.42 Å². The van der Waals surface area contributed by atoms with E-state index in [-0.39, 0.29) is 0 Å². The van der Waals surface area contributed by atoms with Crippen LogP contribution in [0, 0.1) is 5.92 Å². The number of piperidine rings is 1. The summed E-state index contributed by atoms with van der Waals surface area (Å²) in [6.07, 6.45) is 6.29. The average Bonchev–Trinajstić information content (AvgIpc) is 2.75. The number of hydrogen-bond acceptors (Lipinski definition) is 4. The number of aromatic nitrogens is 1. The second-order valence-corrected chi connectivity index (χ2v) is 4.50. The van der Waals surface area contributed by atoms with Gasteiger partial charge in [0.05, 0.1) is 5.69 Å². The normalized spacial score (nSPS) is 21.2. The van der Waals surface area contributed by atoms with Crippen molar-refractivity contribution >= 4 is 0 Å². The second kappa shape index (κ2) is 6.01. The van der Waals surface area contributed by atoms with Crippen LogP contribution in [0.1, 0.15) is 24.4 Å². The van der Waals surface area contributed by atoms with Gasteiger partial charge >= 0.3 is 0 Å². The molecular formula is C12H21N3O. The molecule has 2 heterocycles. The highest BCUT2D eigenvalue weighted by Gasteiger charge is 2.16. The molecule has 0 aromatic carbocycles. The number of rotatable bonds is 5. The van der Waals surface area contributed by atoms with Crippen LogP contribution in [-0.4, -0.2) is 31.7 Å². The zero-order valence-electron chi connectivity index (χ0n) is 9.96. The molecule has 4 heteroatoms. The van der Waals surface area contributed by atoms with Gasteiger partial charge in [-0.05, 0) is 38.9 Å². The molecule has 0 radical (unpaired) electrons. The number of likely N-dealkylation sites (N-methyl/N-ethyl adjacent to an activating group) is 1. The van der Waals surface area contributed by atoms with Gasteiger partial charge in [0.1, 0.15) is 6.26 Å². The predicted octanol–water partition coefficient (Wildman–Crippen LogP) is 0.979. The third kappa shape index (κ3) is 3.32. The third-order valence-corrected chi connectivity index (χ3v) is 3.09. The van der Waals surface area contributed by atoms with Crippen molar-refractivity contribution in [2.24, 2.45) is 5.92 Å². The Morgan fingerprint density at radius 1 is 1.62 bits per heavy atom. The van der Waals surface area contributed by atoms with E-state index in [0.29, 0.717) is 5.92 Å². The van der Waals surface area contributed by atoms with Crippen LogP contribution in [0.4, 0.5) is 0 Å². The highest BCUT2D eigenvalue weighted by Crippen LogP contribution is 2.16. The molecule has 0 spiro atoms. The number of nitrogens with one attached hydrogen (secondary N) is 2. The van der Waals surface area contributed by atoms with Gasteiger partial charge < -0.3 is 15.1 Å². The Morgan fingerprint density at radius 3 is 3.31 bits per heavy atom. The van der Waals surface area contributed by atoms with Crippen LogP contribution >= 0.6 is 0 Å². The van der Waals surface area contributed by atoms with Crippen LogP contribution in [0.25, 0.3) is 0 Å². The van der Waals surface area contributed by atoms with Gasteiger partial charge in [0.15, 0.2) is 5.89 Å². The van der Waals surface area contributed by atoms with Crippen LogP contribution in [0.3, 0.4) is 0 Å². The first-order chi connectivity index (χ1) is 7.88. The monoisotopic (exact) mass is 223 g/mol. The van der Waals surface area contributed by atoms with E-state index >= 15 is 0 Å². The van der Waals surface area contributed by atoms with Gasteiger partial charge in [0.25, 0.3) is 0 Å². The molecule has 1 fully saturated rings. The van der Waals surface area contributed by atoms with Crippen LogP contribution in [-0.2, 0) is 12.8 Å². The first-order valence-electron chi connectivity index (χ1n) is 6.17. The average molecular weight is 223 g/mol. The molecule has 1 aliphatic rings. The van der Waals surface area contributed by atoms with Crippen LogP contribution in [0.5, 0.6) is 0 Å². The first-order valence-corrected chi connectivity index (χ1v) is 6.17. The molecule has 1 saturated heterocycles. The summed E-state index contributed by atoms with van der Waals surface area (Å²) < 4.78 is 5.50. The van der Waals surface area contributed by atoms with Crippen molar-refractivity contribution in [3.05, 3.63) is 17.8 Å². The summed E-state index contributed by atoms with van der Waals surface area (Å²) in [6, 6.07) is 0. The Morgan fingerprint density at radius 2 is 2.56 bits per heavy atom. The minimum Gasteiger partial charge on any atom is -0.449 e. The molecule has 0 amide bonds. The molecule has 0 bridgehead atoms. The maximum Gasteiger partial charge on any atom is 0.194 e. The lowest BCUT2D eigenvalue weighted by atomic mass is 9.96. The molecule has 2 rings (SSSR count). The highest BCUT2D eigenvalue weighted by molar-refractivity contribution is 4.98. The van der Waals surface area contributed by atoms with E-state index in [1.54, 1.807) is 6.26 Å². The van der Waals surface area contributed by atoms with E-state index in [4.69, 9.17) is 4.42 Å². The van der Waals surface area contributed by atoms with Gasteiger partial charge in [-0.2, -0.15) is 0 Å². The Bertz CT molecular complexity index is 305. The summed E-state index contributed by atoms with van der Waals surface area (Å²) in [5, 5.41) is 6.53. The van der Waals surface area contributed by atoms with Crippen molar-refractivity contribution in [2.75, 3.05) is 26.7 Å². The molecule has 1 aromatic heterocycles. The maximum atomic E-state index is 5.50. The highest BCUT2D eigenvalue weighted by atomic mass is 16.3. The number of hydrogen-bond donors (Lipinski definition) is 2. The zero-order valence-corrected chi connectivity index (χ0v) is 9.96. The minimum absolute atomic E-state index is 0.699. The fraction of sp³-hybridized carbons (Fsp3) is 0.750. The van der Waals surface area contributed by atoms with E-state index in [2.05, 4.69) is 15.6 Å². The lowest BCUT2D eigenvalue weighted by molar-refractivity contribution is 0.345. The minimum atomic E-state index is 0.699. The Kier molecular flexibility index (Phi) is 4.36. The molecule has 2 N–H and O–H groups in total. The largest absolute Gasteiger partial charge is 0.449 e. The molecule has 1 atom stereocenters. The van der Waals surface area contributed by atoms with Gasteiger partial charge in [0, 0.05) is 19.4 Å². The smallest absolute Gasteiger partial charge is 0.194 e. The van der Waals surface area contributed by atoms with Gasteiger partial charge in [0.2, 0.25) is 0 Å². The Hall–Kier alpha value is -0.870. The summed E-state index contributed by atoms with van der Waals surface area (Å²) in [6.45, 7) is 3.22. The fourth-order valence-corrected chi connectivity index (χ4v) is 2.16. The van der Waals surface area contributed by atoms with E-state index in [0.717, 1.165) is 44.1 Å². The van der Waals surface area contributed by atoms with E-state index in [9.17, 15) is 0 Å². The molecule has 1 unspecified atom stereocenters. The molecule has 0 saturated carbocycles. The maximum absolute atomic E-state index is 5.50. The van der Waals surface area contributed by atoms with Crippen LogP contribution in [0.15, 0.2) is 10.7 Å². The summed E-state index contributed by atoms with van der Waals surface area (Å²) in [4.78, 5) is 4.51. The van der Waals surface area contributed by atoms with Crippen molar-refractivity contribution in [3.8, 4) is 0 Å². The summed E-state index contributed by atoms with van der Waals surface area (Å²) >= 11 is 0. The molecule has 90 valence electrons. The summed E-state index contributed by atoms with van der Waals surface area (Å²) in [5.74, 6) is 1.60. The van der Waals surface area contributed by atoms with Gasteiger partial charge in [-0.25, -0.2) is 4.98 Å². The lowest BCUT2D eigenvalue weighted by Crippen LogP contribution is -2.30. The van der Waals surface area contributed by atoms with Crippen molar-refractivity contribution in [1.29, 1.82) is 0 Å². The van der Waals surface area contributed by atoms with Crippen molar-refractivity contribution in [1.82, 2.24) is 15.6 Å². The molecule has 16 heavy (non-hydrogen) atoms. The van der Waals surface area contributed by atoms with E-state index in [1.807, 2.05) is 7.05 Å². The SMILES string of the molecule is CNCCc1coc(CC2CCCNC2)n1. The van der Waals surface area contributed by atoms with Gasteiger partial charge in [-0.15, -0.1) is 0 Å². The Balaban J connectivity index is 1.81. The van der Waals surface area contributed by atoms with Crippen LogP contribution in [0.2, 0.25) is 0 Å². The second-order valence-electron chi connectivity index (χ2n) is 4.50. The van der Waals surface area contributed by atoms with Crippen molar-refractivity contribution in [2.45, 2.75) is 25.7 Å². The van der Waals surface area contributed by atoms with E-state index < -0.39 is 0 Å². The fourth-order valence-electron chi connectivity index (χ4n) is 2.16. The quantitative estimate of drug-likeness (QED) is 0.781. The van der Waals surface area contributed by atoms with Gasteiger partial charge in [-0.3, -0.25) is 0 Å². The topological polar surface area (TPSA) is 50.1 Å². The lowest BCUT2D eigenvalue weighted by Gasteiger charge is -2.21. The van der Waals surface area contributed by atoms with E-state index in [1.165, 1.54) is 12.8 Å². The summed E-state index contributed by atoms with van der Waals surface area (Å²) in [7, 11) is 1.95. The first kappa shape index (κ1) is 11.6. The summed E-state index contributed by atoms with van der Waals surface area (Å²) in [5.41, 5.74) is 1.06. The molecule has 4 nitrogen and oxygen atoms in total. The standard InChI is InChI=1S/C12H21N3O/c1-13-6-4-11-9-16-12(15-11)7-10-3-2-5-14-8-10/h9-10,13-14H,2-8H2,1H3. The molecule has 0 aliphatic carbocycles. The molecular weight excluding hydrogens is 202 g/mol. The van der Waals surface area contributed by atoms with Gasteiger partial charge in [-0.1, -0.05) is 0 Å². The molecule has 1 aliphatic heterocycles. The molecule has 1 aromatic rings. The van der Waals surface area contributed by atoms with Crippen molar-refractivity contribution in [3.63, 3.8) is 0 Å². The third-order valence-electron chi connectivity index (χ3n) is 3.09. The number of nitrogens with zero attached hydrogens (tertiary/aromatic N) is 1. The number of oxazole rings is 1.